The van der Waals surface area contributed by atoms with E-state index in [1.165, 1.54) is 24.8 Å². The number of aliphatic hydroxyl groups is 1. The Labute approximate surface area is 129 Å². The molecule has 21 heavy (non-hydrogen) atoms. The monoisotopic (exact) mass is 290 g/mol. The molecule has 0 radical (unpaired) electrons. The Bertz CT molecular complexity index is 382. The smallest absolute Gasteiger partial charge is 0.0693 e. The molecular weight excluding hydrogens is 260 g/mol. The van der Waals surface area contributed by atoms with Crippen LogP contribution in [0.5, 0.6) is 0 Å². The van der Waals surface area contributed by atoms with Gasteiger partial charge >= 0.3 is 0 Å². The van der Waals surface area contributed by atoms with Crippen molar-refractivity contribution in [2.75, 3.05) is 20.1 Å². The molecule has 0 heterocycles. The SMILES string of the molecule is CN(CCCNC1CCCCCC1O)Cc1ccccc1. The Morgan fingerprint density at radius 3 is 2.71 bits per heavy atom. The van der Waals surface area contributed by atoms with Crippen LogP contribution in [0.2, 0.25) is 0 Å². The van der Waals surface area contributed by atoms with E-state index < -0.39 is 0 Å². The molecule has 2 atom stereocenters. The molecule has 1 fully saturated rings. The standard InChI is InChI=1S/C18H30N2O/c1-20(15-16-9-4-2-5-10-16)14-8-13-19-17-11-6-3-7-12-18(17)21/h2,4-5,9-10,17-19,21H,3,6-8,11-15H2,1H3. The van der Waals surface area contributed by atoms with Crippen LogP contribution in [0.4, 0.5) is 0 Å². The highest BCUT2D eigenvalue weighted by Gasteiger charge is 2.20. The average molecular weight is 290 g/mol. The van der Waals surface area contributed by atoms with E-state index in [-0.39, 0.29) is 6.10 Å². The minimum absolute atomic E-state index is 0.144. The zero-order chi connectivity index (χ0) is 14.9. The van der Waals surface area contributed by atoms with Crippen LogP contribution in [0.15, 0.2) is 30.3 Å². The third-order valence-electron chi connectivity index (χ3n) is 4.40. The lowest BCUT2D eigenvalue weighted by atomic mass is 10.1. The summed E-state index contributed by atoms with van der Waals surface area (Å²) in [4.78, 5) is 2.36. The van der Waals surface area contributed by atoms with Crippen LogP contribution in [-0.4, -0.2) is 42.3 Å². The van der Waals surface area contributed by atoms with Gasteiger partial charge in [-0.3, -0.25) is 0 Å². The van der Waals surface area contributed by atoms with Gasteiger partial charge in [-0.15, -0.1) is 0 Å². The molecule has 3 heteroatoms. The van der Waals surface area contributed by atoms with Crippen LogP contribution in [0.1, 0.15) is 44.1 Å². The average Bonchev–Trinajstić information content (AvgIpc) is 2.69. The molecule has 118 valence electrons. The first-order valence-electron chi connectivity index (χ1n) is 8.39. The van der Waals surface area contributed by atoms with Crippen LogP contribution in [0, 0.1) is 0 Å². The highest BCUT2D eigenvalue weighted by Crippen LogP contribution is 2.17. The number of benzene rings is 1. The van der Waals surface area contributed by atoms with Gasteiger partial charge in [0.15, 0.2) is 0 Å². The normalized spacial score (nSPS) is 23.2. The van der Waals surface area contributed by atoms with Crippen molar-refractivity contribution in [3.8, 4) is 0 Å². The third kappa shape index (κ3) is 6.16. The Balaban J connectivity index is 1.60. The fraction of sp³-hybridized carbons (Fsp3) is 0.667. The molecule has 0 aromatic heterocycles. The lowest BCUT2D eigenvalue weighted by Crippen LogP contribution is -2.40. The first kappa shape index (κ1) is 16.5. The summed E-state index contributed by atoms with van der Waals surface area (Å²) in [6.45, 7) is 3.10. The summed E-state index contributed by atoms with van der Waals surface area (Å²) in [7, 11) is 2.17. The second-order valence-corrected chi connectivity index (χ2v) is 6.34. The van der Waals surface area contributed by atoms with Gasteiger partial charge < -0.3 is 15.3 Å². The highest BCUT2D eigenvalue weighted by atomic mass is 16.3. The maximum Gasteiger partial charge on any atom is 0.0693 e. The molecular formula is C18H30N2O. The maximum absolute atomic E-state index is 10.1. The van der Waals surface area contributed by atoms with Gasteiger partial charge in [-0.25, -0.2) is 0 Å². The molecule has 2 N–H and O–H groups in total. The maximum atomic E-state index is 10.1. The first-order valence-corrected chi connectivity index (χ1v) is 8.39. The van der Waals surface area contributed by atoms with Crippen molar-refractivity contribution in [1.29, 1.82) is 0 Å². The van der Waals surface area contributed by atoms with E-state index in [0.29, 0.717) is 6.04 Å². The van der Waals surface area contributed by atoms with Crippen LogP contribution < -0.4 is 5.32 Å². The summed E-state index contributed by atoms with van der Waals surface area (Å²) >= 11 is 0. The molecule has 0 spiro atoms. The van der Waals surface area contributed by atoms with Crippen LogP contribution in [0.25, 0.3) is 0 Å². The molecule has 2 unspecified atom stereocenters. The third-order valence-corrected chi connectivity index (χ3v) is 4.40. The van der Waals surface area contributed by atoms with Gasteiger partial charge in [-0.05, 0) is 45.0 Å². The zero-order valence-electron chi connectivity index (χ0n) is 13.3. The van der Waals surface area contributed by atoms with Gasteiger partial charge in [-0.1, -0.05) is 49.6 Å². The highest BCUT2D eigenvalue weighted by molar-refractivity contribution is 5.14. The topological polar surface area (TPSA) is 35.5 Å². The molecule has 0 bridgehead atoms. The summed E-state index contributed by atoms with van der Waals surface area (Å²) in [6, 6.07) is 10.9. The molecule has 2 rings (SSSR count). The van der Waals surface area contributed by atoms with Gasteiger partial charge in [0, 0.05) is 12.6 Å². The van der Waals surface area contributed by atoms with Crippen LogP contribution >= 0.6 is 0 Å². The zero-order valence-corrected chi connectivity index (χ0v) is 13.3. The molecule has 1 aliphatic carbocycles. The molecule has 3 nitrogen and oxygen atoms in total. The number of aliphatic hydroxyl groups excluding tert-OH is 1. The van der Waals surface area contributed by atoms with Crippen molar-refractivity contribution in [3.63, 3.8) is 0 Å². The quantitative estimate of drug-likeness (QED) is 0.599. The van der Waals surface area contributed by atoms with E-state index in [1.54, 1.807) is 0 Å². The second kappa shape index (κ2) is 9.19. The number of hydrogen-bond acceptors (Lipinski definition) is 3. The minimum atomic E-state index is -0.144. The van der Waals surface area contributed by atoms with Crippen molar-refractivity contribution in [3.05, 3.63) is 35.9 Å². The van der Waals surface area contributed by atoms with E-state index in [4.69, 9.17) is 0 Å². The van der Waals surface area contributed by atoms with Crippen molar-refractivity contribution < 1.29 is 5.11 Å². The van der Waals surface area contributed by atoms with Crippen molar-refractivity contribution in [2.24, 2.45) is 0 Å². The molecule has 1 aromatic carbocycles. The number of rotatable bonds is 7. The summed E-state index contributed by atoms with van der Waals surface area (Å²) in [5.41, 5.74) is 1.37. The van der Waals surface area contributed by atoms with Crippen molar-refractivity contribution in [1.82, 2.24) is 10.2 Å². The fourth-order valence-electron chi connectivity index (χ4n) is 3.14. The molecule has 0 amide bonds. The van der Waals surface area contributed by atoms with E-state index in [2.05, 4.69) is 47.6 Å². The van der Waals surface area contributed by atoms with Gasteiger partial charge in [0.25, 0.3) is 0 Å². The number of hydrogen-bond donors (Lipinski definition) is 2. The van der Waals surface area contributed by atoms with Gasteiger partial charge in [-0.2, -0.15) is 0 Å². The summed E-state index contributed by atoms with van der Waals surface area (Å²) < 4.78 is 0. The molecule has 1 saturated carbocycles. The Morgan fingerprint density at radius 2 is 1.90 bits per heavy atom. The minimum Gasteiger partial charge on any atom is -0.392 e. The van der Waals surface area contributed by atoms with Gasteiger partial charge in [0.05, 0.1) is 6.10 Å². The Hall–Kier alpha value is -0.900. The van der Waals surface area contributed by atoms with Crippen molar-refractivity contribution >= 4 is 0 Å². The van der Waals surface area contributed by atoms with E-state index in [1.807, 2.05) is 0 Å². The molecule has 0 saturated heterocycles. The van der Waals surface area contributed by atoms with Gasteiger partial charge in [0.1, 0.15) is 0 Å². The summed E-state index contributed by atoms with van der Waals surface area (Å²) in [6.07, 6.45) is 6.78. The molecule has 0 aliphatic heterocycles. The van der Waals surface area contributed by atoms with E-state index >= 15 is 0 Å². The summed E-state index contributed by atoms with van der Waals surface area (Å²) in [5, 5.41) is 13.6. The first-order chi connectivity index (χ1) is 10.3. The molecule has 1 aliphatic rings. The predicted octanol–water partition coefficient (Wildman–Crippen LogP) is 2.79. The predicted molar refractivity (Wildman–Crippen MR) is 88.3 cm³/mol. The number of nitrogens with zero attached hydrogens (tertiary/aromatic N) is 1. The van der Waals surface area contributed by atoms with E-state index in [0.717, 1.165) is 38.9 Å². The molecule has 1 aromatic rings. The largest absolute Gasteiger partial charge is 0.392 e. The second-order valence-electron chi connectivity index (χ2n) is 6.34. The Morgan fingerprint density at radius 1 is 1.14 bits per heavy atom. The van der Waals surface area contributed by atoms with Crippen LogP contribution in [0.3, 0.4) is 0 Å². The summed E-state index contributed by atoms with van der Waals surface area (Å²) in [5.74, 6) is 0. The lowest BCUT2D eigenvalue weighted by molar-refractivity contribution is 0.119. The number of nitrogens with one attached hydrogen (secondary N) is 1. The Kier molecular flexibility index (Phi) is 7.20. The van der Waals surface area contributed by atoms with Crippen molar-refractivity contribution in [2.45, 2.75) is 57.2 Å². The van der Waals surface area contributed by atoms with Gasteiger partial charge in [0.2, 0.25) is 0 Å². The lowest BCUT2D eigenvalue weighted by Gasteiger charge is -2.23. The van der Waals surface area contributed by atoms with E-state index in [9.17, 15) is 5.11 Å². The van der Waals surface area contributed by atoms with Crippen LogP contribution in [-0.2, 0) is 6.54 Å². The fourth-order valence-corrected chi connectivity index (χ4v) is 3.14.